The fraction of sp³-hybridized carbons (Fsp3) is 0.333. The summed E-state index contributed by atoms with van der Waals surface area (Å²) in [7, 11) is 3.61. The van der Waals surface area contributed by atoms with Crippen LogP contribution in [-0.4, -0.2) is 30.5 Å². The molecule has 1 unspecified atom stereocenters. The van der Waals surface area contributed by atoms with Gasteiger partial charge in [-0.05, 0) is 26.2 Å². The van der Waals surface area contributed by atoms with E-state index in [9.17, 15) is 5.11 Å². The fourth-order valence-corrected chi connectivity index (χ4v) is 0.813. The van der Waals surface area contributed by atoms with Crippen LogP contribution in [0.15, 0.2) is 30.3 Å². The molecule has 0 saturated heterocycles. The monoisotopic (exact) mass is 166 g/mol. The molecule has 0 saturated carbocycles. The first-order valence-electron chi connectivity index (χ1n) is 3.86. The van der Waals surface area contributed by atoms with Gasteiger partial charge in [-0.2, -0.15) is 0 Å². The lowest BCUT2D eigenvalue weighted by Crippen LogP contribution is -2.34. The lowest BCUT2D eigenvalue weighted by molar-refractivity contribution is 0.0660. The van der Waals surface area contributed by atoms with Crippen molar-refractivity contribution in [3.8, 4) is 0 Å². The van der Waals surface area contributed by atoms with Crippen molar-refractivity contribution in [2.75, 3.05) is 19.4 Å². The smallest absolute Gasteiger partial charge is 0.183 e. The topological polar surface area (TPSA) is 35.5 Å². The van der Waals surface area contributed by atoms with Gasteiger partial charge in [0.25, 0.3) is 0 Å². The molecule has 0 amide bonds. The summed E-state index contributed by atoms with van der Waals surface area (Å²) in [4.78, 5) is 1.69. The molecule has 12 heavy (non-hydrogen) atoms. The molecule has 0 spiro atoms. The van der Waals surface area contributed by atoms with E-state index >= 15 is 0 Å². The van der Waals surface area contributed by atoms with Crippen molar-refractivity contribution in [1.82, 2.24) is 4.90 Å². The molecule has 0 heterocycles. The van der Waals surface area contributed by atoms with E-state index < -0.39 is 6.35 Å². The number of aliphatic hydroxyl groups is 1. The second-order valence-corrected chi connectivity index (χ2v) is 2.85. The third-order valence-electron chi connectivity index (χ3n) is 1.56. The summed E-state index contributed by atoms with van der Waals surface area (Å²) in [5, 5.41) is 12.3. The minimum absolute atomic E-state index is 0.632. The minimum atomic E-state index is -0.632. The summed E-state index contributed by atoms with van der Waals surface area (Å²) in [5.41, 5.74) is 0.915. The van der Waals surface area contributed by atoms with Gasteiger partial charge in [0.2, 0.25) is 0 Å². The Kier molecular flexibility index (Phi) is 3.08. The number of aliphatic hydroxyl groups excluding tert-OH is 1. The molecule has 66 valence electrons. The first-order valence-corrected chi connectivity index (χ1v) is 3.86. The quantitative estimate of drug-likeness (QED) is 0.656. The number of rotatable bonds is 3. The molecule has 3 nitrogen and oxygen atoms in total. The van der Waals surface area contributed by atoms with Crippen LogP contribution in [0.1, 0.15) is 0 Å². The van der Waals surface area contributed by atoms with Crippen LogP contribution in [-0.2, 0) is 0 Å². The second-order valence-electron chi connectivity index (χ2n) is 2.85. The third kappa shape index (κ3) is 2.53. The molecule has 0 aliphatic rings. The zero-order valence-corrected chi connectivity index (χ0v) is 7.36. The Morgan fingerprint density at radius 3 is 2.33 bits per heavy atom. The van der Waals surface area contributed by atoms with E-state index in [2.05, 4.69) is 5.32 Å². The Hall–Kier alpha value is -1.06. The van der Waals surface area contributed by atoms with Crippen molar-refractivity contribution in [1.29, 1.82) is 0 Å². The normalized spacial score (nSPS) is 13.0. The largest absolute Gasteiger partial charge is 0.361 e. The average Bonchev–Trinajstić information content (AvgIpc) is 2.06. The molecular weight excluding hydrogens is 152 g/mol. The molecule has 1 rings (SSSR count). The standard InChI is InChI=1S/C9H14N2O/c1-11(2)9(12)10-8-6-4-3-5-7-8/h3-7,9-10,12H,1-2H3. The Morgan fingerprint density at radius 2 is 1.83 bits per heavy atom. The van der Waals surface area contributed by atoms with Gasteiger partial charge < -0.3 is 10.4 Å². The van der Waals surface area contributed by atoms with Crippen LogP contribution in [0.25, 0.3) is 0 Å². The van der Waals surface area contributed by atoms with Crippen molar-refractivity contribution in [2.24, 2.45) is 0 Å². The van der Waals surface area contributed by atoms with Crippen LogP contribution >= 0.6 is 0 Å². The van der Waals surface area contributed by atoms with Crippen molar-refractivity contribution < 1.29 is 5.11 Å². The highest BCUT2D eigenvalue weighted by atomic mass is 16.3. The van der Waals surface area contributed by atoms with Crippen molar-refractivity contribution >= 4 is 5.69 Å². The minimum Gasteiger partial charge on any atom is -0.361 e. The Balaban J connectivity index is 2.53. The van der Waals surface area contributed by atoms with E-state index in [-0.39, 0.29) is 0 Å². The summed E-state index contributed by atoms with van der Waals surface area (Å²) in [6.07, 6.45) is -0.632. The third-order valence-corrected chi connectivity index (χ3v) is 1.56. The average molecular weight is 166 g/mol. The van der Waals surface area contributed by atoms with Crippen LogP contribution in [0.2, 0.25) is 0 Å². The summed E-state index contributed by atoms with van der Waals surface area (Å²) < 4.78 is 0. The molecule has 1 atom stereocenters. The Morgan fingerprint density at radius 1 is 1.25 bits per heavy atom. The first-order chi connectivity index (χ1) is 5.70. The number of anilines is 1. The molecule has 3 heteroatoms. The van der Waals surface area contributed by atoms with Gasteiger partial charge >= 0.3 is 0 Å². The maximum atomic E-state index is 9.39. The van der Waals surface area contributed by atoms with Crippen LogP contribution < -0.4 is 5.32 Å². The summed E-state index contributed by atoms with van der Waals surface area (Å²) in [6.45, 7) is 0. The van der Waals surface area contributed by atoms with Gasteiger partial charge in [0, 0.05) is 5.69 Å². The van der Waals surface area contributed by atoms with E-state index in [1.165, 1.54) is 0 Å². The maximum Gasteiger partial charge on any atom is 0.183 e. The van der Waals surface area contributed by atoms with E-state index in [1.807, 2.05) is 30.3 Å². The first kappa shape index (κ1) is 9.03. The number of benzene rings is 1. The van der Waals surface area contributed by atoms with Crippen LogP contribution in [0, 0.1) is 0 Å². The molecule has 1 aromatic carbocycles. The fourth-order valence-electron chi connectivity index (χ4n) is 0.813. The predicted molar refractivity (Wildman–Crippen MR) is 49.8 cm³/mol. The van der Waals surface area contributed by atoms with Gasteiger partial charge in [0.15, 0.2) is 6.35 Å². The van der Waals surface area contributed by atoms with Gasteiger partial charge in [-0.1, -0.05) is 18.2 Å². The van der Waals surface area contributed by atoms with Crippen LogP contribution in [0.4, 0.5) is 5.69 Å². The van der Waals surface area contributed by atoms with E-state index in [4.69, 9.17) is 0 Å². The Bertz CT molecular complexity index is 223. The molecule has 2 N–H and O–H groups in total. The molecule has 0 bridgehead atoms. The second kappa shape index (κ2) is 4.09. The van der Waals surface area contributed by atoms with Gasteiger partial charge in [-0.15, -0.1) is 0 Å². The number of para-hydroxylation sites is 1. The molecular formula is C9H14N2O. The van der Waals surface area contributed by atoms with Crippen molar-refractivity contribution in [3.05, 3.63) is 30.3 Å². The predicted octanol–water partition coefficient (Wildman–Crippen LogP) is 0.936. The zero-order chi connectivity index (χ0) is 8.97. The van der Waals surface area contributed by atoms with Crippen molar-refractivity contribution in [2.45, 2.75) is 6.35 Å². The highest BCUT2D eigenvalue weighted by Crippen LogP contribution is 2.06. The number of nitrogens with zero attached hydrogens (tertiary/aromatic N) is 1. The Labute approximate surface area is 72.6 Å². The number of nitrogens with one attached hydrogen (secondary N) is 1. The van der Waals surface area contributed by atoms with Crippen LogP contribution in [0.5, 0.6) is 0 Å². The SMILES string of the molecule is CN(C)C(O)Nc1ccccc1. The van der Waals surface area contributed by atoms with Crippen LogP contribution in [0.3, 0.4) is 0 Å². The molecule has 0 aliphatic heterocycles. The van der Waals surface area contributed by atoms with Gasteiger partial charge in [0.05, 0.1) is 0 Å². The summed E-state index contributed by atoms with van der Waals surface area (Å²) in [6, 6.07) is 9.60. The molecule has 0 aliphatic carbocycles. The molecule has 0 fully saturated rings. The highest BCUT2D eigenvalue weighted by molar-refractivity contribution is 5.42. The lowest BCUT2D eigenvalue weighted by atomic mass is 10.3. The molecule has 0 aromatic heterocycles. The summed E-state index contributed by atoms with van der Waals surface area (Å²) in [5.74, 6) is 0. The lowest BCUT2D eigenvalue weighted by Gasteiger charge is -2.20. The number of hydrogen-bond acceptors (Lipinski definition) is 3. The zero-order valence-electron chi connectivity index (χ0n) is 7.36. The van der Waals surface area contributed by atoms with E-state index in [1.54, 1.807) is 19.0 Å². The maximum absolute atomic E-state index is 9.39. The van der Waals surface area contributed by atoms with Gasteiger partial charge in [-0.25, -0.2) is 0 Å². The van der Waals surface area contributed by atoms with Gasteiger partial charge in [-0.3, -0.25) is 4.90 Å². The van der Waals surface area contributed by atoms with E-state index in [0.717, 1.165) is 5.69 Å². The number of hydrogen-bond donors (Lipinski definition) is 2. The highest BCUT2D eigenvalue weighted by Gasteiger charge is 2.03. The molecule has 0 radical (unpaired) electrons. The van der Waals surface area contributed by atoms with Crippen molar-refractivity contribution in [3.63, 3.8) is 0 Å². The molecule has 1 aromatic rings. The summed E-state index contributed by atoms with van der Waals surface area (Å²) >= 11 is 0. The van der Waals surface area contributed by atoms with Gasteiger partial charge in [0.1, 0.15) is 0 Å². The van der Waals surface area contributed by atoms with E-state index in [0.29, 0.717) is 0 Å².